The zero-order valence-corrected chi connectivity index (χ0v) is 22.2. The fourth-order valence-electron chi connectivity index (χ4n) is 4.48. The van der Waals surface area contributed by atoms with Gasteiger partial charge in [-0.1, -0.05) is 18.1 Å². The van der Waals surface area contributed by atoms with Gasteiger partial charge in [-0.25, -0.2) is 22.8 Å². The Morgan fingerprint density at radius 2 is 1.82 bits per heavy atom. The predicted molar refractivity (Wildman–Crippen MR) is 151 cm³/mol. The molecule has 1 aliphatic carbocycles. The second kappa shape index (κ2) is 11.7. The van der Waals surface area contributed by atoms with Crippen molar-refractivity contribution in [2.45, 2.75) is 42.7 Å². The topological polar surface area (TPSA) is 132 Å². The summed E-state index contributed by atoms with van der Waals surface area (Å²) in [5, 5.41) is 3.37. The van der Waals surface area contributed by atoms with Gasteiger partial charge in [0.05, 0.1) is 16.9 Å². The SMILES string of the molecule is C#Cc1ccccc1S(=O)(=O)Nc1ccc(Oc2ccncc2-c2ccnc(NC3CCC(N)CC3)n2)c(F)c1. The smallest absolute Gasteiger partial charge is 0.263 e. The average Bonchev–Trinajstić information content (AvgIpc) is 2.96. The summed E-state index contributed by atoms with van der Waals surface area (Å²) in [4.78, 5) is 13.1. The van der Waals surface area contributed by atoms with E-state index in [-0.39, 0.29) is 34.0 Å². The third-order valence-electron chi connectivity index (χ3n) is 6.55. The summed E-state index contributed by atoms with van der Waals surface area (Å²) in [5.41, 5.74) is 7.31. The standard InChI is InChI=1S/C29H27FN6O3S/c1-2-19-5-3-4-6-28(19)40(37,38)36-22-11-12-27(24(30)17-22)39-26-14-15-32-18-23(26)25-13-16-33-29(35-25)34-21-9-7-20(31)8-10-21/h1,3-6,11-18,20-21,36H,7-10,31H2,(H,33,34,35). The molecule has 0 amide bonds. The van der Waals surface area contributed by atoms with E-state index in [1.54, 1.807) is 36.7 Å². The van der Waals surface area contributed by atoms with Crippen molar-refractivity contribution >= 4 is 21.7 Å². The lowest BCUT2D eigenvalue weighted by molar-refractivity contribution is 0.410. The van der Waals surface area contributed by atoms with Crippen molar-refractivity contribution in [2.24, 2.45) is 5.73 Å². The van der Waals surface area contributed by atoms with E-state index in [0.29, 0.717) is 23.0 Å². The van der Waals surface area contributed by atoms with Gasteiger partial charge in [0.2, 0.25) is 5.95 Å². The van der Waals surface area contributed by atoms with Crippen LogP contribution in [-0.2, 0) is 10.0 Å². The molecule has 1 aliphatic rings. The summed E-state index contributed by atoms with van der Waals surface area (Å²) in [7, 11) is -4.04. The van der Waals surface area contributed by atoms with Crippen LogP contribution in [0.25, 0.3) is 11.3 Å². The number of pyridine rings is 1. The van der Waals surface area contributed by atoms with Crippen LogP contribution in [0.4, 0.5) is 16.0 Å². The molecule has 4 N–H and O–H groups in total. The molecule has 9 nitrogen and oxygen atoms in total. The van der Waals surface area contributed by atoms with Crippen molar-refractivity contribution in [1.82, 2.24) is 15.0 Å². The Morgan fingerprint density at radius 3 is 2.60 bits per heavy atom. The number of sulfonamides is 1. The van der Waals surface area contributed by atoms with Crippen LogP contribution >= 0.6 is 0 Å². The minimum Gasteiger partial charge on any atom is -0.453 e. The lowest BCUT2D eigenvalue weighted by atomic mass is 9.92. The largest absolute Gasteiger partial charge is 0.453 e. The number of nitrogens with one attached hydrogen (secondary N) is 2. The van der Waals surface area contributed by atoms with E-state index in [9.17, 15) is 8.42 Å². The lowest BCUT2D eigenvalue weighted by Crippen LogP contribution is -2.33. The second-order valence-corrected chi connectivity index (χ2v) is 11.0. The Labute approximate surface area is 232 Å². The van der Waals surface area contributed by atoms with Crippen LogP contribution in [0.2, 0.25) is 0 Å². The Kier molecular flexibility index (Phi) is 7.91. The normalized spacial score (nSPS) is 17.0. The van der Waals surface area contributed by atoms with E-state index in [0.717, 1.165) is 31.7 Å². The Morgan fingerprint density at radius 1 is 1.02 bits per heavy atom. The molecule has 1 saturated carbocycles. The minimum absolute atomic E-state index is 0.0156. The molecule has 0 spiro atoms. The Bertz CT molecular complexity index is 1670. The summed E-state index contributed by atoms with van der Waals surface area (Å²) in [6.45, 7) is 0. The van der Waals surface area contributed by atoms with Crippen molar-refractivity contribution in [3.8, 4) is 35.1 Å². The number of halogens is 1. The number of benzene rings is 2. The molecule has 5 rings (SSSR count). The van der Waals surface area contributed by atoms with Gasteiger partial charge < -0.3 is 15.8 Å². The monoisotopic (exact) mass is 558 g/mol. The second-order valence-electron chi connectivity index (χ2n) is 9.39. The molecule has 0 saturated heterocycles. The highest BCUT2D eigenvalue weighted by Crippen LogP contribution is 2.34. The predicted octanol–water partition coefficient (Wildman–Crippen LogP) is 4.93. The van der Waals surface area contributed by atoms with Crippen LogP contribution in [-0.4, -0.2) is 35.5 Å². The first-order valence-electron chi connectivity index (χ1n) is 12.7. The summed E-state index contributed by atoms with van der Waals surface area (Å²) >= 11 is 0. The quantitative estimate of drug-likeness (QED) is 0.259. The molecule has 2 heterocycles. The number of hydrogen-bond acceptors (Lipinski definition) is 8. The summed E-state index contributed by atoms with van der Waals surface area (Å²) in [5.74, 6) is 2.26. The zero-order valence-electron chi connectivity index (χ0n) is 21.4. The van der Waals surface area contributed by atoms with E-state index in [1.807, 2.05) is 0 Å². The highest BCUT2D eigenvalue weighted by atomic mass is 32.2. The summed E-state index contributed by atoms with van der Waals surface area (Å²) in [6, 6.07) is 13.7. The Hall–Kier alpha value is -4.53. The molecule has 4 aromatic rings. The number of rotatable bonds is 8. The van der Waals surface area contributed by atoms with Crippen molar-refractivity contribution in [3.05, 3.63) is 84.6 Å². The molecule has 40 heavy (non-hydrogen) atoms. The number of nitrogens with zero attached hydrogens (tertiary/aromatic N) is 3. The molecular weight excluding hydrogens is 531 g/mol. The first kappa shape index (κ1) is 27.1. The van der Waals surface area contributed by atoms with Crippen LogP contribution < -0.4 is 20.5 Å². The van der Waals surface area contributed by atoms with Crippen molar-refractivity contribution in [1.29, 1.82) is 0 Å². The minimum atomic E-state index is -4.04. The van der Waals surface area contributed by atoms with Gasteiger partial charge in [-0.2, -0.15) is 0 Å². The lowest BCUT2D eigenvalue weighted by Gasteiger charge is -2.26. The van der Waals surface area contributed by atoms with E-state index in [2.05, 4.69) is 30.9 Å². The van der Waals surface area contributed by atoms with Crippen LogP contribution in [0.15, 0.2) is 78.1 Å². The molecule has 11 heteroatoms. The molecule has 0 atom stereocenters. The molecule has 2 aromatic heterocycles. The average molecular weight is 559 g/mol. The van der Waals surface area contributed by atoms with E-state index < -0.39 is 15.8 Å². The van der Waals surface area contributed by atoms with Gasteiger partial charge in [0, 0.05) is 42.3 Å². The van der Waals surface area contributed by atoms with Gasteiger partial charge in [-0.3, -0.25) is 9.71 Å². The van der Waals surface area contributed by atoms with E-state index in [1.165, 1.54) is 30.5 Å². The highest BCUT2D eigenvalue weighted by molar-refractivity contribution is 7.92. The molecule has 0 aliphatic heterocycles. The Balaban J connectivity index is 1.34. The number of hydrogen-bond donors (Lipinski definition) is 3. The van der Waals surface area contributed by atoms with Crippen LogP contribution in [0.3, 0.4) is 0 Å². The van der Waals surface area contributed by atoms with E-state index >= 15 is 4.39 Å². The molecule has 204 valence electrons. The van der Waals surface area contributed by atoms with E-state index in [4.69, 9.17) is 16.9 Å². The molecule has 1 fully saturated rings. The highest BCUT2D eigenvalue weighted by Gasteiger charge is 2.21. The number of terminal acetylenes is 1. The number of anilines is 2. The van der Waals surface area contributed by atoms with Crippen molar-refractivity contribution < 1.29 is 17.5 Å². The van der Waals surface area contributed by atoms with Gasteiger partial charge in [-0.15, -0.1) is 6.42 Å². The zero-order chi connectivity index (χ0) is 28.1. The maximum atomic E-state index is 15.1. The molecule has 0 radical (unpaired) electrons. The van der Waals surface area contributed by atoms with Gasteiger partial charge in [-0.05, 0) is 62.1 Å². The third kappa shape index (κ3) is 6.20. The molecule has 2 aromatic carbocycles. The van der Waals surface area contributed by atoms with Crippen molar-refractivity contribution in [3.63, 3.8) is 0 Å². The molecular formula is C29H27FN6O3S. The fraction of sp³-hybridized carbons (Fsp3) is 0.207. The molecule has 0 bridgehead atoms. The summed E-state index contributed by atoms with van der Waals surface area (Å²) < 4.78 is 49.0. The van der Waals surface area contributed by atoms with Gasteiger partial charge in [0.15, 0.2) is 11.6 Å². The maximum absolute atomic E-state index is 15.1. The maximum Gasteiger partial charge on any atom is 0.263 e. The van der Waals surface area contributed by atoms with Gasteiger partial charge in [0.25, 0.3) is 10.0 Å². The van der Waals surface area contributed by atoms with Crippen LogP contribution in [0.1, 0.15) is 31.2 Å². The number of ether oxygens (including phenoxy) is 1. The third-order valence-corrected chi connectivity index (χ3v) is 7.99. The fourth-order valence-corrected chi connectivity index (χ4v) is 5.70. The van der Waals surface area contributed by atoms with Crippen molar-refractivity contribution in [2.75, 3.05) is 10.0 Å². The molecule has 0 unspecified atom stereocenters. The van der Waals surface area contributed by atoms with Gasteiger partial charge >= 0.3 is 0 Å². The number of nitrogens with two attached hydrogens (primary N) is 1. The number of aromatic nitrogens is 3. The first-order valence-corrected chi connectivity index (χ1v) is 14.2. The van der Waals surface area contributed by atoms with Gasteiger partial charge in [0.1, 0.15) is 10.6 Å². The summed E-state index contributed by atoms with van der Waals surface area (Å²) in [6.07, 6.45) is 13.9. The van der Waals surface area contributed by atoms with Crippen LogP contribution in [0, 0.1) is 18.2 Å². The first-order chi connectivity index (χ1) is 19.3. The van der Waals surface area contributed by atoms with Crippen LogP contribution in [0.5, 0.6) is 11.5 Å².